The van der Waals surface area contributed by atoms with Crippen LogP contribution in [0.3, 0.4) is 0 Å². The van der Waals surface area contributed by atoms with Crippen LogP contribution >= 0.6 is 0 Å². The second-order valence-corrected chi connectivity index (χ2v) is 6.63. The Balaban J connectivity index is 1.57. The maximum atomic E-state index is 12.8. The molecule has 5 nitrogen and oxygen atoms in total. The monoisotopic (exact) mass is 334 g/mol. The summed E-state index contributed by atoms with van der Waals surface area (Å²) in [7, 11) is 0. The number of rotatable bonds is 4. The lowest BCUT2D eigenvalue weighted by molar-refractivity contribution is 0.260. The molecule has 128 valence electrons. The molecule has 1 aliphatic heterocycles. The van der Waals surface area contributed by atoms with Crippen molar-refractivity contribution in [2.45, 2.75) is 32.2 Å². The summed E-state index contributed by atoms with van der Waals surface area (Å²) in [4.78, 5) is 24.0. The van der Waals surface area contributed by atoms with Crippen molar-refractivity contribution in [2.24, 2.45) is 0 Å². The van der Waals surface area contributed by atoms with Crippen LogP contribution in [0.4, 0.5) is 0 Å². The predicted molar refractivity (Wildman–Crippen MR) is 97.7 cm³/mol. The van der Waals surface area contributed by atoms with Gasteiger partial charge < -0.3 is 0 Å². The molecular weight excluding hydrogens is 312 g/mol. The van der Waals surface area contributed by atoms with Gasteiger partial charge in [-0.25, -0.2) is 4.98 Å². The van der Waals surface area contributed by atoms with Crippen LogP contribution in [0.25, 0.3) is 5.65 Å². The number of hydrogen-bond acceptors (Lipinski definition) is 4. The maximum Gasteiger partial charge on any atom is 0.261 e. The minimum absolute atomic E-state index is 0.0581. The molecule has 3 aromatic rings. The Kier molecular flexibility index (Phi) is 4.32. The van der Waals surface area contributed by atoms with E-state index in [-0.39, 0.29) is 5.56 Å². The van der Waals surface area contributed by atoms with Gasteiger partial charge in [-0.1, -0.05) is 6.07 Å². The lowest BCUT2D eigenvalue weighted by Gasteiger charge is -2.24. The molecule has 4 rings (SSSR count). The van der Waals surface area contributed by atoms with Gasteiger partial charge in [0, 0.05) is 42.4 Å². The van der Waals surface area contributed by atoms with Crippen molar-refractivity contribution in [1.29, 1.82) is 0 Å². The number of nitrogens with zero attached hydrogens (tertiary/aromatic N) is 4. The molecule has 5 heteroatoms. The summed E-state index contributed by atoms with van der Waals surface area (Å²) < 4.78 is 1.65. The van der Waals surface area contributed by atoms with Crippen LogP contribution in [0.2, 0.25) is 0 Å². The Morgan fingerprint density at radius 2 is 2.04 bits per heavy atom. The van der Waals surface area contributed by atoms with Gasteiger partial charge in [-0.2, -0.15) is 0 Å². The molecule has 1 atom stereocenters. The molecule has 1 fully saturated rings. The van der Waals surface area contributed by atoms with E-state index in [0.717, 1.165) is 37.2 Å². The lowest BCUT2D eigenvalue weighted by Crippen LogP contribution is -2.29. The van der Waals surface area contributed by atoms with Gasteiger partial charge in [-0.15, -0.1) is 0 Å². The van der Waals surface area contributed by atoms with Crippen molar-refractivity contribution in [3.05, 3.63) is 76.1 Å². The number of fused-ring (bicyclic) bond motifs is 1. The summed E-state index contributed by atoms with van der Waals surface area (Å²) >= 11 is 0. The zero-order valence-corrected chi connectivity index (χ0v) is 14.4. The van der Waals surface area contributed by atoms with Crippen molar-refractivity contribution in [3.63, 3.8) is 0 Å². The highest BCUT2D eigenvalue weighted by Gasteiger charge is 2.26. The maximum absolute atomic E-state index is 12.8. The third kappa shape index (κ3) is 3.07. The largest absolute Gasteiger partial charge is 0.296 e. The minimum Gasteiger partial charge on any atom is -0.296 e. The van der Waals surface area contributed by atoms with Crippen molar-refractivity contribution in [3.8, 4) is 0 Å². The zero-order valence-electron chi connectivity index (χ0n) is 14.4. The average molecular weight is 334 g/mol. The lowest BCUT2D eigenvalue weighted by atomic mass is 10.1. The van der Waals surface area contributed by atoms with Crippen LogP contribution in [0.5, 0.6) is 0 Å². The molecule has 1 aliphatic rings. The normalized spacial score (nSPS) is 18.0. The van der Waals surface area contributed by atoms with Crippen molar-refractivity contribution >= 4 is 5.65 Å². The van der Waals surface area contributed by atoms with Crippen LogP contribution in [0.15, 0.2) is 53.7 Å². The van der Waals surface area contributed by atoms with E-state index in [9.17, 15) is 4.79 Å². The molecule has 0 N–H and O–H groups in total. The Labute approximate surface area is 147 Å². The Morgan fingerprint density at radius 1 is 1.20 bits per heavy atom. The van der Waals surface area contributed by atoms with E-state index < -0.39 is 0 Å². The Morgan fingerprint density at radius 3 is 2.88 bits per heavy atom. The highest BCUT2D eigenvalue weighted by Crippen LogP contribution is 2.31. The van der Waals surface area contributed by atoms with Crippen LogP contribution in [-0.4, -0.2) is 32.4 Å². The number of aromatic nitrogens is 3. The highest BCUT2D eigenvalue weighted by atomic mass is 16.1. The summed E-state index contributed by atoms with van der Waals surface area (Å²) in [5, 5.41) is 0. The molecule has 3 aromatic heterocycles. The molecule has 0 radical (unpaired) electrons. The summed E-state index contributed by atoms with van der Waals surface area (Å²) in [6.07, 6.45) is 8.60. The van der Waals surface area contributed by atoms with Gasteiger partial charge >= 0.3 is 0 Å². The summed E-state index contributed by atoms with van der Waals surface area (Å²) in [6.45, 7) is 3.89. The van der Waals surface area contributed by atoms with E-state index in [1.807, 2.05) is 37.5 Å². The van der Waals surface area contributed by atoms with Crippen LogP contribution in [0, 0.1) is 6.92 Å². The van der Waals surface area contributed by atoms with E-state index >= 15 is 0 Å². The first kappa shape index (κ1) is 16.0. The van der Waals surface area contributed by atoms with Gasteiger partial charge in [0.05, 0.1) is 0 Å². The van der Waals surface area contributed by atoms with Crippen molar-refractivity contribution < 1.29 is 0 Å². The molecule has 25 heavy (non-hydrogen) atoms. The van der Waals surface area contributed by atoms with Gasteiger partial charge in [0.15, 0.2) is 0 Å². The van der Waals surface area contributed by atoms with Gasteiger partial charge in [-0.05, 0) is 62.6 Å². The molecule has 4 heterocycles. The molecule has 0 amide bonds. The van der Waals surface area contributed by atoms with Gasteiger partial charge in [0.25, 0.3) is 5.56 Å². The summed E-state index contributed by atoms with van der Waals surface area (Å²) in [5.74, 6) is 0. The third-order valence-electron chi connectivity index (χ3n) is 5.14. The first-order valence-corrected chi connectivity index (χ1v) is 8.85. The van der Waals surface area contributed by atoms with E-state index in [1.54, 1.807) is 10.6 Å². The summed E-state index contributed by atoms with van der Waals surface area (Å²) in [6, 6.07) is 10.3. The predicted octanol–water partition coefficient (Wildman–Crippen LogP) is 2.78. The Hall–Kier alpha value is -2.53. The quantitative estimate of drug-likeness (QED) is 0.736. The molecule has 1 saturated heterocycles. The Bertz CT molecular complexity index is 935. The number of pyridine rings is 2. The number of likely N-dealkylation sites (tertiary alicyclic amines) is 1. The first-order valence-electron chi connectivity index (χ1n) is 8.85. The van der Waals surface area contributed by atoms with Crippen molar-refractivity contribution in [2.75, 3.05) is 13.1 Å². The SMILES string of the molecule is Cc1nc2ccccn2c(=O)c1CCN1CCC[C@H]1c1ccncc1. The fraction of sp³-hybridized carbons (Fsp3) is 0.350. The highest BCUT2D eigenvalue weighted by molar-refractivity contribution is 5.40. The first-order chi connectivity index (χ1) is 12.2. The molecule has 0 bridgehead atoms. The van der Waals surface area contributed by atoms with Gasteiger partial charge in [-0.3, -0.25) is 19.1 Å². The van der Waals surface area contributed by atoms with Crippen LogP contribution < -0.4 is 5.56 Å². The molecule has 0 aliphatic carbocycles. The van der Waals surface area contributed by atoms with E-state index in [2.05, 4.69) is 27.0 Å². The topological polar surface area (TPSA) is 50.5 Å². The molecule has 0 aromatic carbocycles. The molecule has 0 spiro atoms. The number of hydrogen-bond donors (Lipinski definition) is 0. The number of aryl methyl sites for hydroxylation is 1. The molecule has 0 unspecified atom stereocenters. The second-order valence-electron chi connectivity index (χ2n) is 6.63. The second kappa shape index (κ2) is 6.76. The van der Waals surface area contributed by atoms with Gasteiger partial charge in [0.2, 0.25) is 0 Å². The van der Waals surface area contributed by atoms with E-state index in [4.69, 9.17) is 0 Å². The fourth-order valence-corrected chi connectivity index (χ4v) is 3.84. The molecule has 0 saturated carbocycles. The summed E-state index contributed by atoms with van der Waals surface area (Å²) in [5.41, 5.74) is 3.75. The van der Waals surface area contributed by atoms with Gasteiger partial charge in [0.1, 0.15) is 5.65 Å². The minimum atomic E-state index is 0.0581. The van der Waals surface area contributed by atoms with E-state index in [1.165, 1.54) is 12.0 Å². The fourth-order valence-electron chi connectivity index (χ4n) is 3.84. The standard InChI is InChI=1S/C20H22N4O/c1-15-17(20(25)24-13-3-2-6-19(24)22-15)9-14-23-12-4-5-18(23)16-7-10-21-11-8-16/h2-3,6-8,10-11,13,18H,4-5,9,12,14H2,1H3/t18-/m0/s1. The van der Waals surface area contributed by atoms with Crippen LogP contribution in [0.1, 0.15) is 35.7 Å². The molecular formula is C20H22N4O. The van der Waals surface area contributed by atoms with E-state index in [0.29, 0.717) is 11.7 Å². The average Bonchev–Trinajstić information content (AvgIpc) is 3.11. The smallest absolute Gasteiger partial charge is 0.261 e. The zero-order chi connectivity index (χ0) is 17.2. The van der Waals surface area contributed by atoms with Crippen molar-refractivity contribution in [1.82, 2.24) is 19.3 Å². The van der Waals surface area contributed by atoms with Crippen LogP contribution in [-0.2, 0) is 6.42 Å². The third-order valence-corrected chi connectivity index (χ3v) is 5.14.